The van der Waals surface area contributed by atoms with Crippen LogP contribution in [-0.4, -0.2) is 9.13 Å². The average Bonchev–Trinajstić information content (AvgIpc) is 1.92. The van der Waals surface area contributed by atoms with Gasteiger partial charge < -0.3 is 9.13 Å². The van der Waals surface area contributed by atoms with Crippen LogP contribution in [0.4, 0.5) is 0 Å². The minimum absolute atomic E-state index is 0.0736. The molecule has 0 bridgehead atoms. The van der Waals surface area contributed by atoms with Crippen molar-refractivity contribution in [1.82, 2.24) is 9.13 Å². The molecule has 7 aliphatic carbocycles. The number of hydrogen-bond acceptors (Lipinski definition) is 0. The number of hydrogen-bond donors (Lipinski definition) is 0. The molecule has 2 aromatic heterocycles. The van der Waals surface area contributed by atoms with E-state index in [-0.39, 0.29) is 16.2 Å². The molecule has 0 amide bonds. The highest BCUT2D eigenvalue weighted by Gasteiger charge is 2.47. The van der Waals surface area contributed by atoms with E-state index in [9.17, 15) is 0 Å². The molecule has 19 rings (SSSR count). The molecule has 7 aliphatic rings. The van der Waals surface area contributed by atoms with Crippen LogP contribution in [0.5, 0.6) is 0 Å². The third-order valence-electron chi connectivity index (χ3n) is 23.7. The van der Waals surface area contributed by atoms with Gasteiger partial charge in [0.25, 0.3) is 0 Å². The summed E-state index contributed by atoms with van der Waals surface area (Å²) < 4.78 is 5.34. The highest BCUT2D eigenvalue weighted by Crippen LogP contribution is 2.61. The molecule has 0 saturated heterocycles. The monoisotopic (exact) mass is 1110 g/mol. The summed E-state index contributed by atoms with van der Waals surface area (Å²) in [5.74, 6) is 0.558. The highest BCUT2D eigenvalue weighted by atomic mass is 15.0. The van der Waals surface area contributed by atoms with Crippen LogP contribution in [0.15, 0.2) is 200 Å². The molecule has 2 nitrogen and oxygen atoms in total. The second-order valence-corrected chi connectivity index (χ2v) is 27.7. The Hall–Kier alpha value is -8.20. The SMILES string of the molecule is c1ccc(-c2cc3c4cc5c(cc4n(-c4ccc(-c6ccc(-n7c8cc9c(cc8c8cc%10c(cc87)C7(CCCCC7)c7ccccc7-%10)-c7ccccc7C97CCCCC7)cc6)cc4)c3cc2C2CCCCC2)C2(CCCCC2)c2ccccc2-5)cc1. The van der Waals surface area contributed by atoms with Gasteiger partial charge in [0.1, 0.15) is 0 Å². The maximum Gasteiger partial charge on any atom is 0.0544 e. The molecule has 12 aromatic rings. The Bertz CT molecular complexity index is 4610. The van der Waals surface area contributed by atoms with Gasteiger partial charge in [0.15, 0.2) is 0 Å². The van der Waals surface area contributed by atoms with Crippen LogP contribution < -0.4 is 0 Å². The zero-order chi connectivity index (χ0) is 56.3. The topological polar surface area (TPSA) is 9.86 Å². The molecule has 2 heteroatoms. The number of aromatic nitrogens is 2. The van der Waals surface area contributed by atoms with E-state index in [1.165, 1.54) is 245 Å². The number of nitrogens with zero attached hydrogens (tertiary/aromatic N) is 2. The van der Waals surface area contributed by atoms with Crippen molar-refractivity contribution in [1.29, 1.82) is 0 Å². The smallest absolute Gasteiger partial charge is 0.0544 e. The lowest BCUT2D eigenvalue weighted by Gasteiger charge is -2.36. The van der Waals surface area contributed by atoms with Gasteiger partial charge in [0.2, 0.25) is 0 Å². The summed E-state index contributed by atoms with van der Waals surface area (Å²) in [7, 11) is 0. The van der Waals surface area contributed by atoms with Crippen molar-refractivity contribution in [2.24, 2.45) is 0 Å². The molecular weight excluding hydrogens is 1040 g/mol. The maximum absolute atomic E-state index is 2.68. The molecule has 4 saturated carbocycles. The van der Waals surface area contributed by atoms with Crippen LogP contribution in [-0.2, 0) is 16.2 Å². The zero-order valence-electron chi connectivity index (χ0n) is 49.7. The van der Waals surface area contributed by atoms with E-state index in [1.54, 1.807) is 33.4 Å². The Balaban J connectivity index is 0.772. The quantitative estimate of drug-likeness (QED) is 0.163. The predicted molar refractivity (Wildman–Crippen MR) is 360 cm³/mol. The molecule has 86 heavy (non-hydrogen) atoms. The van der Waals surface area contributed by atoms with Gasteiger partial charge in [-0.1, -0.05) is 204 Å². The second kappa shape index (κ2) is 18.9. The second-order valence-electron chi connectivity index (χ2n) is 27.7. The van der Waals surface area contributed by atoms with Crippen LogP contribution in [0.2, 0.25) is 0 Å². The molecule has 0 aliphatic heterocycles. The van der Waals surface area contributed by atoms with Crippen molar-refractivity contribution in [2.45, 2.75) is 151 Å². The molecule has 3 spiro atoms. The molecule has 4 fully saturated rings. The van der Waals surface area contributed by atoms with Gasteiger partial charge in [-0.3, -0.25) is 0 Å². The first kappa shape index (κ1) is 50.0. The summed E-state index contributed by atoms with van der Waals surface area (Å²) >= 11 is 0. The van der Waals surface area contributed by atoms with E-state index in [0.29, 0.717) is 5.92 Å². The molecule has 10 aromatic carbocycles. The number of benzene rings is 10. The largest absolute Gasteiger partial charge is 0.309 e. The molecule has 0 atom stereocenters. The first-order valence-corrected chi connectivity index (χ1v) is 33.5. The lowest BCUT2D eigenvalue weighted by atomic mass is 9.67. The molecule has 420 valence electrons. The molecule has 2 heterocycles. The Kier molecular flexibility index (Phi) is 11.0. The molecule has 0 unspecified atom stereocenters. The summed E-state index contributed by atoms with van der Waals surface area (Å²) in [4.78, 5) is 0. The van der Waals surface area contributed by atoms with Crippen LogP contribution in [0, 0.1) is 0 Å². The van der Waals surface area contributed by atoms with Crippen molar-refractivity contribution in [3.8, 4) is 67.0 Å². The van der Waals surface area contributed by atoms with Gasteiger partial charge in [0.05, 0.1) is 22.1 Å². The van der Waals surface area contributed by atoms with Crippen molar-refractivity contribution in [3.63, 3.8) is 0 Å². The highest BCUT2D eigenvalue weighted by molar-refractivity contribution is 6.15. The first-order valence-electron chi connectivity index (χ1n) is 33.5. The maximum atomic E-state index is 2.68. The van der Waals surface area contributed by atoms with Gasteiger partial charge in [0, 0.05) is 49.2 Å². The number of rotatable bonds is 5. The lowest BCUT2D eigenvalue weighted by molar-refractivity contribution is 0.353. The average molecular weight is 1110 g/mol. The minimum Gasteiger partial charge on any atom is -0.309 e. The van der Waals surface area contributed by atoms with E-state index in [4.69, 9.17) is 0 Å². The summed E-state index contributed by atoms with van der Waals surface area (Å²) in [6.45, 7) is 0. The van der Waals surface area contributed by atoms with E-state index < -0.39 is 0 Å². The normalized spacial score (nSPS) is 18.7. The van der Waals surface area contributed by atoms with Crippen molar-refractivity contribution < 1.29 is 0 Å². The van der Waals surface area contributed by atoms with Crippen LogP contribution in [0.3, 0.4) is 0 Å². The Morgan fingerprint density at radius 1 is 0.256 bits per heavy atom. The standard InChI is InChI=1S/C84H74N2/c1-6-22-56(23-7-1)63-46-68-69-47-65-60-26-10-13-29-72(60)82(40-16-3-17-41-82)75(65)51-79(69)85(78(68)50-64(63)57-24-8-2-9-25-57)58-36-32-54(33-37-58)55-34-38-59(39-35-55)86-80-52-76-66(61-27-11-14-30-73(61)83(76)42-18-4-19-43-83)48-70(80)71-49-67-62-28-12-15-31-74(62)84(44-20-5-21-45-84)77(67)53-81(71)86/h1,6-7,10-15,22-23,26-39,46-53,57H,2-5,8-9,16-21,24-25,40-45H2. The summed E-state index contributed by atoms with van der Waals surface area (Å²) in [5, 5.41) is 5.48. The zero-order valence-corrected chi connectivity index (χ0v) is 49.7. The predicted octanol–water partition coefficient (Wildman–Crippen LogP) is 23.0. The fourth-order valence-corrected chi connectivity index (χ4v) is 19.8. The van der Waals surface area contributed by atoms with Crippen molar-refractivity contribution >= 4 is 43.6 Å². The van der Waals surface area contributed by atoms with Crippen LogP contribution in [0.1, 0.15) is 173 Å². The summed E-state index contributed by atoms with van der Waals surface area (Å²) in [6.07, 6.45) is 25.6. The van der Waals surface area contributed by atoms with E-state index in [1.807, 2.05) is 0 Å². The van der Waals surface area contributed by atoms with Crippen LogP contribution >= 0.6 is 0 Å². The molecule has 0 N–H and O–H groups in total. The Labute approximate surface area is 506 Å². The van der Waals surface area contributed by atoms with Gasteiger partial charge in [-0.15, -0.1) is 0 Å². The van der Waals surface area contributed by atoms with E-state index >= 15 is 0 Å². The molecule has 0 radical (unpaired) electrons. The number of fused-ring (bicyclic) bond motifs is 21. The first-order chi connectivity index (χ1) is 42.6. The Morgan fingerprint density at radius 2 is 0.593 bits per heavy atom. The van der Waals surface area contributed by atoms with E-state index in [0.717, 1.165) is 0 Å². The third kappa shape index (κ3) is 6.96. The fraction of sp³-hybridized carbons (Fsp3) is 0.286. The third-order valence-corrected chi connectivity index (χ3v) is 23.7. The van der Waals surface area contributed by atoms with E-state index in [2.05, 4.69) is 209 Å². The van der Waals surface area contributed by atoms with Crippen molar-refractivity contribution in [3.05, 3.63) is 239 Å². The Morgan fingerprint density at radius 3 is 0.988 bits per heavy atom. The van der Waals surface area contributed by atoms with Crippen molar-refractivity contribution in [2.75, 3.05) is 0 Å². The summed E-state index contributed by atoms with van der Waals surface area (Å²) in [5.41, 5.74) is 32.9. The lowest BCUT2D eigenvalue weighted by Crippen LogP contribution is -2.28. The molecular formula is C84H74N2. The summed E-state index contributed by atoms with van der Waals surface area (Å²) in [6, 6.07) is 80.1. The van der Waals surface area contributed by atoms with Gasteiger partial charge in [-0.2, -0.15) is 0 Å². The van der Waals surface area contributed by atoms with Gasteiger partial charge in [-0.25, -0.2) is 0 Å². The van der Waals surface area contributed by atoms with Gasteiger partial charge >= 0.3 is 0 Å². The fourth-order valence-electron chi connectivity index (χ4n) is 19.8. The van der Waals surface area contributed by atoms with Crippen LogP contribution in [0.25, 0.3) is 111 Å². The minimum atomic E-state index is 0.0736. The van der Waals surface area contributed by atoms with Gasteiger partial charge in [-0.05, 0) is 225 Å².